The Balaban J connectivity index is 1.51. The number of rotatable bonds is 6. The number of fused-ring (bicyclic) bond motifs is 1. The van der Waals surface area contributed by atoms with Gasteiger partial charge >= 0.3 is 0 Å². The van der Waals surface area contributed by atoms with Gasteiger partial charge in [0.2, 0.25) is 0 Å². The molecule has 0 unspecified atom stereocenters. The highest BCUT2D eigenvalue weighted by Gasteiger charge is 2.17. The van der Waals surface area contributed by atoms with Gasteiger partial charge in [-0.05, 0) is 56.3 Å². The normalized spacial score (nSPS) is 11.5. The fraction of sp³-hybridized carbons (Fsp3) is 0.200. The van der Waals surface area contributed by atoms with Crippen LogP contribution in [0.25, 0.3) is 28.3 Å². The van der Waals surface area contributed by atoms with Crippen LogP contribution in [0.2, 0.25) is 0 Å². The maximum absolute atomic E-state index is 4.96. The van der Waals surface area contributed by atoms with Crippen LogP contribution in [-0.4, -0.2) is 41.5 Å². The molecule has 7 nitrogen and oxygen atoms in total. The number of imidazole rings is 1. The average Bonchev–Trinajstić information content (AvgIpc) is 3.42. The van der Waals surface area contributed by atoms with Crippen LogP contribution in [0.5, 0.6) is 0 Å². The fourth-order valence-corrected chi connectivity index (χ4v) is 3.92. The van der Waals surface area contributed by atoms with Gasteiger partial charge in [0.05, 0.1) is 17.9 Å². The molecule has 4 heterocycles. The van der Waals surface area contributed by atoms with Crippen molar-refractivity contribution in [1.29, 1.82) is 0 Å². The van der Waals surface area contributed by atoms with Gasteiger partial charge in [-0.25, -0.2) is 14.5 Å². The van der Waals surface area contributed by atoms with Crippen molar-refractivity contribution in [2.45, 2.75) is 26.9 Å². The number of nitrogens with zero attached hydrogens (tertiary/aromatic N) is 6. The third kappa shape index (κ3) is 4.02. The average molecular weight is 424 g/mol. The molecule has 0 radical (unpaired) electrons. The molecule has 0 aliphatic heterocycles. The van der Waals surface area contributed by atoms with E-state index in [4.69, 9.17) is 9.97 Å². The van der Waals surface area contributed by atoms with Crippen molar-refractivity contribution >= 4 is 5.65 Å². The molecule has 0 amide bonds. The van der Waals surface area contributed by atoms with Gasteiger partial charge in [-0.1, -0.05) is 30.3 Å². The Morgan fingerprint density at radius 2 is 1.81 bits per heavy atom. The van der Waals surface area contributed by atoms with E-state index in [1.807, 2.05) is 43.5 Å². The van der Waals surface area contributed by atoms with Crippen molar-refractivity contribution in [1.82, 2.24) is 34.4 Å². The summed E-state index contributed by atoms with van der Waals surface area (Å²) in [5.74, 6) is 0.896. The highest BCUT2D eigenvalue weighted by molar-refractivity contribution is 5.77. The number of pyridine rings is 2. The Bertz CT molecular complexity index is 1380. The number of hydrogen-bond acceptors (Lipinski definition) is 5. The molecular formula is C25H25N7. The number of H-pyrrole nitrogens is 1. The summed E-state index contributed by atoms with van der Waals surface area (Å²) in [4.78, 5) is 19.7. The smallest absolute Gasteiger partial charge is 0.155 e. The van der Waals surface area contributed by atoms with E-state index in [-0.39, 0.29) is 0 Å². The molecule has 5 rings (SSSR count). The first-order valence-electron chi connectivity index (χ1n) is 10.6. The molecule has 0 spiro atoms. The van der Waals surface area contributed by atoms with E-state index < -0.39 is 0 Å². The van der Waals surface area contributed by atoms with Crippen molar-refractivity contribution in [3.63, 3.8) is 0 Å². The first-order chi connectivity index (χ1) is 15.6. The molecule has 4 aromatic heterocycles. The number of aromatic amines is 1. The van der Waals surface area contributed by atoms with Crippen molar-refractivity contribution < 1.29 is 0 Å². The van der Waals surface area contributed by atoms with Gasteiger partial charge in [0, 0.05) is 24.0 Å². The van der Waals surface area contributed by atoms with Crippen LogP contribution >= 0.6 is 0 Å². The Labute approximate surface area is 186 Å². The van der Waals surface area contributed by atoms with E-state index in [9.17, 15) is 0 Å². The van der Waals surface area contributed by atoms with E-state index in [1.165, 1.54) is 11.1 Å². The molecule has 160 valence electrons. The van der Waals surface area contributed by atoms with Crippen molar-refractivity contribution in [2.75, 3.05) is 7.05 Å². The van der Waals surface area contributed by atoms with Crippen LogP contribution in [0.15, 0.2) is 67.1 Å². The summed E-state index contributed by atoms with van der Waals surface area (Å²) in [7, 11) is 2.11. The van der Waals surface area contributed by atoms with Gasteiger partial charge in [0.15, 0.2) is 5.65 Å². The zero-order valence-corrected chi connectivity index (χ0v) is 18.4. The van der Waals surface area contributed by atoms with Gasteiger partial charge in [-0.2, -0.15) is 5.10 Å². The second kappa shape index (κ2) is 8.36. The first kappa shape index (κ1) is 20.1. The molecule has 32 heavy (non-hydrogen) atoms. The van der Waals surface area contributed by atoms with E-state index in [1.54, 1.807) is 10.8 Å². The number of nitrogens with one attached hydrogen (secondary N) is 1. The number of hydrogen-bond donors (Lipinski definition) is 1. The SMILES string of the molecule is Cc1cccc(-c2nc(CN(C)Cc3ccccc3C)[nH]c2-c2ccc3ncnn3c2)n1. The van der Waals surface area contributed by atoms with E-state index in [0.29, 0.717) is 6.54 Å². The molecule has 5 aromatic rings. The van der Waals surface area contributed by atoms with Crippen LogP contribution in [0.4, 0.5) is 0 Å². The summed E-state index contributed by atoms with van der Waals surface area (Å²) in [5.41, 5.74) is 7.99. The van der Waals surface area contributed by atoms with Gasteiger partial charge in [0.25, 0.3) is 0 Å². The molecule has 0 saturated carbocycles. The van der Waals surface area contributed by atoms with E-state index in [0.717, 1.165) is 46.4 Å². The predicted molar refractivity (Wildman–Crippen MR) is 125 cm³/mol. The number of benzene rings is 1. The van der Waals surface area contributed by atoms with E-state index >= 15 is 0 Å². The maximum atomic E-state index is 4.96. The second-order valence-electron chi connectivity index (χ2n) is 8.15. The third-order valence-corrected chi connectivity index (χ3v) is 5.57. The highest BCUT2D eigenvalue weighted by Crippen LogP contribution is 2.30. The third-order valence-electron chi connectivity index (χ3n) is 5.57. The molecule has 1 N–H and O–H groups in total. The molecule has 0 aliphatic carbocycles. The fourth-order valence-electron chi connectivity index (χ4n) is 3.92. The maximum Gasteiger partial charge on any atom is 0.155 e. The lowest BCUT2D eigenvalue weighted by molar-refractivity contribution is 0.311. The van der Waals surface area contributed by atoms with Gasteiger partial charge in [-0.15, -0.1) is 0 Å². The Morgan fingerprint density at radius 1 is 0.938 bits per heavy atom. The molecule has 7 heteroatoms. The Hall–Kier alpha value is -3.84. The summed E-state index contributed by atoms with van der Waals surface area (Å²) in [5, 5.41) is 4.28. The van der Waals surface area contributed by atoms with Crippen LogP contribution in [0.1, 0.15) is 22.6 Å². The number of aromatic nitrogens is 6. The molecule has 0 fully saturated rings. The first-order valence-corrected chi connectivity index (χ1v) is 10.6. The molecule has 0 bridgehead atoms. The lowest BCUT2D eigenvalue weighted by Gasteiger charge is -2.16. The molecule has 0 aliphatic rings. The predicted octanol–water partition coefficient (Wildman–Crippen LogP) is 4.43. The highest BCUT2D eigenvalue weighted by atomic mass is 15.3. The minimum atomic E-state index is 0.693. The largest absolute Gasteiger partial charge is 0.340 e. The summed E-state index contributed by atoms with van der Waals surface area (Å²) in [6.45, 7) is 5.69. The molecular weight excluding hydrogens is 398 g/mol. The van der Waals surface area contributed by atoms with Crippen molar-refractivity contribution in [3.05, 3.63) is 89.8 Å². The monoisotopic (exact) mass is 423 g/mol. The van der Waals surface area contributed by atoms with Crippen LogP contribution in [0.3, 0.4) is 0 Å². The lowest BCUT2D eigenvalue weighted by Crippen LogP contribution is -2.18. The Morgan fingerprint density at radius 3 is 2.66 bits per heavy atom. The summed E-state index contributed by atoms with van der Waals surface area (Å²) < 4.78 is 1.77. The minimum absolute atomic E-state index is 0.693. The molecule has 1 aromatic carbocycles. The van der Waals surface area contributed by atoms with Crippen LogP contribution in [0, 0.1) is 13.8 Å². The number of aryl methyl sites for hydroxylation is 2. The van der Waals surface area contributed by atoms with Gasteiger partial charge in [0.1, 0.15) is 17.8 Å². The summed E-state index contributed by atoms with van der Waals surface area (Å²) >= 11 is 0. The quantitative estimate of drug-likeness (QED) is 0.437. The lowest BCUT2D eigenvalue weighted by atomic mass is 10.1. The van der Waals surface area contributed by atoms with Gasteiger partial charge in [-0.3, -0.25) is 9.88 Å². The van der Waals surface area contributed by atoms with Crippen LogP contribution < -0.4 is 0 Å². The van der Waals surface area contributed by atoms with Gasteiger partial charge < -0.3 is 4.98 Å². The van der Waals surface area contributed by atoms with Crippen LogP contribution in [-0.2, 0) is 13.1 Å². The molecule has 0 saturated heterocycles. The zero-order valence-electron chi connectivity index (χ0n) is 18.4. The summed E-state index contributed by atoms with van der Waals surface area (Å²) in [6, 6.07) is 18.5. The standard InChI is InChI=1S/C25H25N7/c1-17-7-4-5-9-19(17)13-31(3)15-22-29-24(20-11-12-23-26-16-27-32(23)14-20)25(30-22)21-10-6-8-18(2)28-21/h4-12,14,16H,13,15H2,1-3H3,(H,29,30). The topological polar surface area (TPSA) is 75.0 Å². The molecule has 0 atom stereocenters. The summed E-state index contributed by atoms with van der Waals surface area (Å²) in [6.07, 6.45) is 3.52. The minimum Gasteiger partial charge on any atom is -0.340 e. The van der Waals surface area contributed by atoms with E-state index in [2.05, 4.69) is 58.2 Å². The zero-order chi connectivity index (χ0) is 22.1. The van der Waals surface area contributed by atoms with Crippen molar-refractivity contribution in [3.8, 4) is 22.6 Å². The second-order valence-corrected chi connectivity index (χ2v) is 8.15. The Kier molecular flexibility index (Phi) is 5.25. The van der Waals surface area contributed by atoms with Crippen molar-refractivity contribution in [2.24, 2.45) is 0 Å².